The van der Waals surface area contributed by atoms with Crippen molar-refractivity contribution in [3.05, 3.63) is 71.0 Å². The molecule has 2 aliphatic heterocycles. The van der Waals surface area contributed by atoms with Crippen LogP contribution in [0.4, 0.5) is 11.4 Å². The fraction of sp³-hybridized carbons (Fsp3) is 0.333. The standard InChI is InChI=1S/C24H26N4O3S/c1-16-14-20-9-5-7-11-22(20)28(16)23(29)15-26-18(3)24(17(2)25-26)32(30,31)27-13-12-19-8-4-6-10-21(19)27/h4-11,16H,12-15H2,1-3H3/t16-/m0/s1. The number of aromatic nitrogens is 2. The molecule has 32 heavy (non-hydrogen) atoms. The number of rotatable bonds is 4. The molecular formula is C24H26N4O3S. The van der Waals surface area contributed by atoms with Crippen LogP contribution in [0.3, 0.4) is 0 Å². The first-order valence-corrected chi connectivity index (χ1v) is 12.3. The maximum atomic E-state index is 13.6. The Labute approximate surface area is 188 Å². The lowest BCUT2D eigenvalue weighted by Gasteiger charge is -2.23. The van der Waals surface area contributed by atoms with E-state index >= 15 is 0 Å². The van der Waals surface area contributed by atoms with E-state index in [0.29, 0.717) is 24.4 Å². The van der Waals surface area contributed by atoms with E-state index in [9.17, 15) is 13.2 Å². The molecule has 2 aliphatic rings. The second-order valence-electron chi connectivity index (χ2n) is 8.56. The predicted molar refractivity (Wildman–Crippen MR) is 123 cm³/mol. The van der Waals surface area contributed by atoms with Crippen LogP contribution in [0.1, 0.15) is 29.4 Å². The fourth-order valence-corrected chi connectivity index (χ4v) is 6.91. The lowest BCUT2D eigenvalue weighted by atomic mass is 10.1. The number of hydrogen-bond acceptors (Lipinski definition) is 4. The first kappa shape index (κ1) is 20.8. The van der Waals surface area contributed by atoms with Gasteiger partial charge < -0.3 is 4.90 Å². The van der Waals surface area contributed by atoms with Crippen molar-refractivity contribution >= 4 is 27.3 Å². The Hall–Kier alpha value is -3.13. The molecule has 3 aromatic rings. The highest BCUT2D eigenvalue weighted by molar-refractivity contribution is 7.93. The third-order valence-corrected chi connectivity index (χ3v) is 8.53. The van der Waals surface area contributed by atoms with Gasteiger partial charge in [0, 0.05) is 18.3 Å². The van der Waals surface area contributed by atoms with E-state index in [-0.39, 0.29) is 23.4 Å². The molecule has 8 heteroatoms. The van der Waals surface area contributed by atoms with Gasteiger partial charge in [0.1, 0.15) is 11.4 Å². The van der Waals surface area contributed by atoms with Crippen molar-refractivity contribution in [2.24, 2.45) is 0 Å². The van der Waals surface area contributed by atoms with E-state index in [2.05, 4.69) is 5.10 Å². The number of benzene rings is 2. The van der Waals surface area contributed by atoms with Crippen molar-refractivity contribution in [1.82, 2.24) is 9.78 Å². The zero-order valence-corrected chi connectivity index (χ0v) is 19.3. The van der Waals surface area contributed by atoms with Crippen molar-refractivity contribution in [2.45, 2.75) is 51.1 Å². The van der Waals surface area contributed by atoms with Crippen LogP contribution in [-0.4, -0.2) is 36.7 Å². The van der Waals surface area contributed by atoms with Gasteiger partial charge in [0.25, 0.3) is 10.0 Å². The lowest BCUT2D eigenvalue weighted by molar-refractivity contribution is -0.119. The van der Waals surface area contributed by atoms with Gasteiger partial charge in [-0.05, 0) is 56.9 Å². The summed E-state index contributed by atoms with van der Waals surface area (Å²) >= 11 is 0. The maximum Gasteiger partial charge on any atom is 0.268 e. The molecule has 0 spiro atoms. The van der Waals surface area contributed by atoms with Crippen LogP contribution < -0.4 is 9.21 Å². The summed E-state index contributed by atoms with van der Waals surface area (Å²) in [4.78, 5) is 15.2. The minimum absolute atomic E-state index is 0.00253. The number of aryl methyl sites for hydroxylation is 1. The Kier molecular flexibility index (Phi) is 4.85. The number of hydrogen-bond donors (Lipinski definition) is 0. The van der Waals surface area contributed by atoms with Crippen molar-refractivity contribution in [1.29, 1.82) is 0 Å². The molecule has 0 N–H and O–H groups in total. The van der Waals surface area contributed by atoms with E-state index in [1.807, 2.05) is 55.5 Å². The van der Waals surface area contributed by atoms with Gasteiger partial charge >= 0.3 is 0 Å². The molecule has 0 saturated heterocycles. The Morgan fingerprint density at radius 1 is 1.03 bits per heavy atom. The fourth-order valence-electron chi connectivity index (χ4n) is 5.03. The molecule has 0 unspecified atom stereocenters. The molecule has 166 valence electrons. The Bertz CT molecular complexity index is 1330. The number of carbonyl (C=O) groups is 1. The van der Waals surface area contributed by atoms with E-state index in [1.165, 1.54) is 8.99 Å². The molecule has 0 saturated carbocycles. The number of carbonyl (C=O) groups excluding carboxylic acids is 1. The summed E-state index contributed by atoms with van der Waals surface area (Å²) in [5.41, 5.74) is 4.72. The smallest absolute Gasteiger partial charge is 0.268 e. The average Bonchev–Trinajstić information content (AvgIpc) is 3.41. The van der Waals surface area contributed by atoms with E-state index in [4.69, 9.17) is 0 Å². The van der Waals surface area contributed by atoms with Gasteiger partial charge in [0.05, 0.1) is 17.1 Å². The highest BCUT2D eigenvalue weighted by Gasteiger charge is 2.36. The number of fused-ring (bicyclic) bond motifs is 2. The molecule has 5 rings (SSSR count). The highest BCUT2D eigenvalue weighted by Crippen LogP contribution is 2.35. The number of nitrogens with zero attached hydrogens (tertiary/aromatic N) is 4. The zero-order valence-electron chi connectivity index (χ0n) is 18.4. The van der Waals surface area contributed by atoms with Crippen LogP contribution in [-0.2, 0) is 34.2 Å². The van der Waals surface area contributed by atoms with Crippen molar-refractivity contribution in [3.8, 4) is 0 Å². The molecule has 1 aromatic heterocycles. The monoisotopic (exact) mass is 450 g/mol. The number of sulfonamides is 1. The predicted octanol–water partition coefficient (Wildman–Crippen LogP) is 3.23. The largest absolute Gasteiger partial charge is 0.307 e. The molecular weight excluding hydrogens is 424 g/mol. The first-order valence-electron chi connectivity index (χ1n) is 10.8. The van der Waals surface area contributed by atoms with E-state index < -0.39 is 10.0 Å². The normalized spacial score (nSPS) is 17.5. The molecule has 2 aromatic carbocycles. The van der Waals surface area contributed by atoms with Crippen LogP contribution in [0.15, 0.2) is 53.4 Å². The van der Waals surface area contributed by atoms with Gasteiger partial charge in [0.15, 0.2) is 0 Å². The second kappa shape index (κ2) is 7.48. The SMILES string of the molecule is Cc1nn(CC(=O)N2c3ccccc3C[C@@H]2C)c(C)c1S(=O)(=O)N1CCc2ccccc21. The van der Waals surface area contributed by atoms with Gasteiger partial charge in [-0.2, -0.15) is 5.10 Å². The molecule has 0 aliphatic carbocycles. The molecule has 7 nitrogen and oxygen atoms in total. The number of para-hydroxylation sites is 2. The summed E-state index contributed by atoms with van der Waals surface area (Å²) in [7, 11) is -3.78. The van der Waals surface area contributed by atoms with Crippen LogP contribution in [0.2, 0.25) is 0 Å². The summed E-state index contributed by atoms with van der Waals surface area (Å²) in [6, 6.07) is 15.5. The van der Waals surface area contributed by atoms with Crippen LogP contribution in [0, 0.1) is 13.8 Å². The van der Waals surface area contributed by atoms with Gasteiger partial charge in [0.2, 0.25) is 5.91 Å². The second-order valence-corrected chi connectivity index (χ2v) is 10.4. The van der Waals surface area contributed by atoms with E-state index in [1.54, 1.807) is 18.7 Å². The summed E-state index contributed by atoms with van der Waals surface area (Å²) in [6.07, 6.45) is 1.50. The first-order chi connectivity index (χ1) is 15.3. The Morgan fingerprint density at radius 3 is 2.44 bits per heavy atom. The Balaban J connectivity index is 1.46. The maximum absolute atomic E-state index is 13.6. The van der Waals surface area contributed by atoms with E-state index in [0.717, 1.165) is 28.9 Å². The van der Waals surface area contributed by atoms with Crippen molar-refractivity contribution in [3.63, 3.8) is 0 Å². The van der Waals surface area contributed by atoms with Crippen LogP contribution in [0.5, 0.6) is 0 Å². The molecule has 0 fully saturated rings. The van der Waals surface area contributed by atoms with Gasteiger partial charge in [-0.15, -0.1) is 0 Å². The number of anilines is 2. The summed E-state index contributed by atoms with van der Waals surface area (Å²) in [6.45, 7) is 5.85. The molecule has 1 atom stereocenters. The van der Waals surface area contributed by atoms with Gasteiger partial charge in [-0.3, -0.25) is 13.8 Å². The van der Waals surface area contributed by atoms with Gasteiger partial charge in [-0.25, -0.2) is 8.42 Å². The summed E-state index contributed by atoms with van der Waals surface area (Å²) in [5, 5.41) is 4.46. The third kappa shape index (κ3) is 3.12. The van der Waals surface area contributed by atoms with Crippen LogP contribution in [0.25, 0.3) is 0 Å². The van der Waals surface area contributed by atoms with Gasteiger partial charge in [-0.1, -0.05) is 36.4 Å². The lowest BCUT2D eigenvalue weighted by Crippen LogP contribution is -2.38. The zero-order chi connectivity index (χ0) is 22.6. The van der Waals surface area contributed by atoms with Crippen molar-refractivity contribution < 1.29 is 13.2 Å². The summed E-state index contributed by atoms with van der Waals surface area (Å²) < 4.78 is 30.2. The quantitative estimate of drug-likeness (QED) is 0.612. The minimum atomic E-state index is -3.78. The van der Waals surface area contributed by atoms with Crippen LogP contribution >= 0.6 is 0 Å². The van der Waals surface area contributed by atoms with Crippen molar-refractivity contribution in [2.75, 3.05) is 15.7 Å². The summed E-state index contributed by atoms with van der Waals surface area (Å²) in [5.74, 6) is -0.0940. The topological polar surface area (TPSA) is 75.5 Å². The highest BCUT2D eigenvalue weighted by atomic mass is 32.2. The molecule has 1 amide bonds. The molecule has 0 bridgehead atoms. The third-order valence-electron chi connectivity index (χ3n) is 6.47. The molecule has 0 radical (unpaired) electrons. The average molecular weight is 451 g/mol. The molecule has 3 heterocycles. The minimum Gasteiger partial charge on any atom is -0.307 e. The number of amides is 1. The Morgan fingerprint density at radius 2 is 1.69 bits per heavy atom.